The largest absolute Gasteiger partial charge is 1.00 e. The van der Waals surface area contributed by atoms with Crippen molar-refractivity contribution in [3.05, 3.63) is 23.9 Å². The topological polar surface area (TPSA) is 46.3 Å². The van der Waals surface area contributed by atoms with Gasteiger partial charge >= 0.3 is 0 Å². The molecular formula is C8H12ClN2O-. The number of primary amides is 1. The summed E-state index contributed by atoms with van der Waals surface area (Å²) in [6.07, 6.45) is 5.49. The first-order chi connectivity index (χ1) is 5.24. The highest BCUT2D eigenvalue weighted by Crippen LogP contribution is 2.05. The van der Waals surface area contributed by atoms with Gasteiger partial charge in [0.15, 0.2) is 0 Å². The van der Waals surface area contributed by atoms with Gasteiger partial charge in [-0.05, 0) is 6.92 Å². The molecule has 0 aromatic rings. The molecule has 0 radical (unpaired) electrons. The Hall–Kier alpha value is -0.960. The number of nitrogens with two attached hydrogens (primary N) is 1. The van der Waals surface area contributed by atoms with E-state index in [9.17, 15) is 4.79 Å². The highest BCUT2D eigenvalue weighted by molar-refractivity contribution is 5.94. The molecule has 12 heavy (non-hydrogen) atoms. The molecule has 0 aromatic carbocycles. The Bertz CT molecular complexity index is 223. The first-order valence-corrected chi connectivity index (χ1v) is 3.66. The number of rotatable bonds is 2. The molecule has 2 N–H and O–H groups in total. The summed E-state index contributed by atoms with van der Waals surface area (Å²) >= 11 is 0. The fourth-order valence-corrected chi connectivity index (χ4v) is 0.974. The van der Waals surface area contributed by atoms with Gasteiger partial charge in [0.05, 0.1) is 5.57 Å². The SMILES string of the molecule is CCN1C=C(C(N)=O)C=CC1.[Cl-]. The second-order valence-electron chi connectivity index (χ2n) is 2.44. The van der Waals surface area contributed by atoms with Crippen LogP contribution in [0, 0.1) is 0 Å². The lowest BCUT2D eigenvalue weighted by Gasteiger charge is -2.19. The van der Waals surface area contributed by atoms with E-state index in [-0.39, 0.29) is 18.3 Å². The molecule has 0 saturated heterocycles. The number of likely N-dealkylation sites (N-methyl/N-ethyl adjacent to an activating group) is 1. The van der Waals surface area contributed by atoms with E-state index in [1.54, 1.807) is 12.3 Å². The van der Waals surface area contributed by atoms with Gasteiger partial charge in [-0.25, -0.2) is 0 Å². The monoisotopic (exact) mass is 187 g/mol. The summed E-state index contributed by atoms with van der Waals surface area (Å²) < 4.78 is 0. The number of halogens is 1. The Morgan fingerprint density at radius 1 is 1.75 bits per heavy atom. The van der Waals surface area contributed by atoms with Crippen LogP contribution in [0.25, 0.3) is 0 Å². The summed E-state index contributed by atoms with van der Waals surface area (Å²) in [5.41, 5.74) is 5.68. The summed E-state index contributed by atoms with van der Waals surface area (Å²) in [4.78, 5) is 12.7. The zero-order valence-electron chi connectivity index (χ0n) is 6.96. The van der Waals surface area contributed by atoms with E-state index in [0.29, 0.717) is 5.57 Å². The molecule has 1 amide bonds. The zero-order chi connectivity index (χ0) is 8.27. The average Bonchev–Trinajstić information content (AvgIpc) is 2.05. The minimum absolute atomic E-state index is 0. The van der Waals surface area contributed by atoms with Crippen molar-refractivity contribution in [3.63, 3.8) is 0 Å². The number of nitrogens with zero attached hydrogens (tertiary/aromatic N) is 1. The minimum atomic E-state index is -0.362. The van der Waals surface area contributed by atoms with Crippen LogP contribution in [0.1, 0.15) is 6.92 Å². The molecule has 0 fully saturated rings. The fraction of sp³-hybridized carbons (Fsp3) is 0.375. The van der Waals surface area contributed by atoms with Crippen molar-refractivity contribution in [1.29, 1.82) is 0 Å². The van der Waals surface area contributed by atoms with Crippen LogP contribution in [-0.2, 0) is 4.79 Å². The lowest BCUT2D eigenvalue weighted by atomic mass is 10.2. The first kappa shape index (κ1) is 11.0. The maximum absolute atomic E-state index is 10.7. The standard InChI is InChI=1S/C8H12N2O.ClH/c1-2-10-5-3-4-7(6-10)8(9)11;/h3-4,6H,2,5H2,1H3,(H2,9,11);1H/p-1. The highest BCUT2D eigenvalue weighted by Gasteiger charge is 2.06. The van der Waals surface area contributed by atoms with E-state index in [2.05, 4.69) is 0 Å². The van der Waals surface area contributed by atoms with E-state index in [1.807, 2.05) is 17.9 Å². The molecule has 0 unspecified atom stereocenters. The molecule has 0 aromatic heterocycles. The van der Waals surface area contributed by atoms with Gasteiger partial charge in [-0.15, -0.1) is 0 Å². The van der Waals surface area contributed by atoms with E-state index in [0.717, 1.165) is 13.1 Å². The summed E-state index contributed by atoms with van der Waals surface area (Å²) in [6.45, 7) is 3.81. The molecule has 1 rings (SSSR count). The predicted octanol–water partition coefficient (Wildman–Crippen LogP) is -2.75. The second kappa shape index (κ2) is 4.83. The maximum atomic E-state index is 10.7. The van der Waals surface area contributed by atoms with Crippen LogP contribution in [0.2, 0.25) is 0 Å². The van der Waals surface area contributed by atoms with Crippen molar-refractivity contribution >= 4 is 5.91 Å². The summed E-state index contributed by atoms with van der Waals surface area (Å²) in [7, 11) is 0. The van der Waals surface area contributed by atoms with Crippen molar-refractivity contribution in [2.24, 2.45) is 5.73 Å². The van der Waals surface area contributed by atoms with Crippen LogP contribution in [0.15, 0.2) is 23.9 Å². The van der Waals surface area contributed by atoms with Crippen molar-refractivity contribution < 1.29 is 17.2 Å². The smallest absolute Gasteiger partial charge is 0.250 e. The third kappa shape index (κ3) is 2.58. The summed E-state index contributed by atoms with van der Waals surface area (Å²) in [5.74, 6) is -0.362. The van der Waals surface area contributed by atoms with Crippen molar-refractivity contribution in [3.8, 4) is 0 Å². The Morgan fingerprint density at radius 2 is 2.42 bits per heavy atom. The Morgan fingerprint density at radius 3 is 2.92 bits per heavy atom. The van der Waals surface area contributed by atoms with Crippen LogP contribution < -0.4 is 18.1 Å². The summed E-state index contributed by atoms with van der Waals surface area (Å²) in [6, 6.07) is 0. The number of amides is 1. The van der Waals surface area contributed by atoms with E-state index < -0.39 is 0 Å². The van der Waals surface area contributed by atoms with Crippen LogP contribution in [0.5, 0.6) is 0 Å². The van der Waals surface area contributed by atoms with Crippen LogP contribution in [0.3, 0.4) is 0 Å². The molecule has 1 aliphatic heterocycles. The molecule has 0 atom stereocenters. The van der Waals surface area contributed by atoms with Crippen LogP contribution in [0.4, 0.5) is 0 Å². The van der Waals surface area contributed by atoms with Gasteiger partial charge in [0.1, 0.15) is 0 Å². The molecule has 0 saturated carbocycles. The molecule has 0 bridgehead atoms. The maximum Gasteiger partial charge on any atom is 0.250 e. The van der Waals surface area contributed by atoms with Crippen molar-refractivity contribution in [2.45, 2.75) is 6.92 Å². The van der Waals surface area contributed by atoms with Gasteiger partial charge < -0.3 is 23.0 Å². The number of hydrogen-bond acceptors (Lipinski definition) is 2. The van der Waals surface area contributed by atoms with E-state index >= 15 is 0 Å². The average molecular weight is 188 g/mol. The minimum Gasteiger partial charge on any atom is -1.00 e. The van der Waals surface area contributed by atoms with Crippen LogP contribution in [-0.4, -0.2) is 23.9 Å². The Kier molecular flexibility index (Phi) is 4.44. The Labute approximate surface area is 78.3 Å². The number of carbonyl (C=O) groups excluding carboxylic acids is 1. The molecule has 0 aliphatic carbocycles. The molecular weight excluding hydrogens is 176 g/mol. The van der Waals surface area contributed by atoms with Crippen molar-refractivity contribution in [2.75, 3.05) is 13.1 Å². The first-order valence-electron chi connectivity index (χ1n) is 3.66. The van der Waals surface area contributed by atoms with Crippen molar-refractivity contribution in [1.82, 2.24) is 4.90 Å². The van der Waals surface area contributed by atoms with Gasteiger partial charge in [-0.2, -0.15) is 0 Å². The Balaban J connectivity index is 0.00000121. The molecule has 1 aliphatic rings. The third-order valence-electron chi connectivity index (χ3n) is 1.65. The number of carbonyl (C=O) groups is 1. The molecule has 1 heterocycles. The zero-order valence-corrected chi connectivity index (χ0v) is 7.71. The van der Waals surface area contributed by atoms with E-state index in [1.165, 1.54) is 0 Å². The quantitative estimate of drug-likeness (QED) is 0.510. The molecule has 4 heteroatoms. The summed E-state index contributed by atoms with van der Waals surface area (Å²) in [5, 5.41) is 0. The van der Waals surface area contributed by atoms with Gasteiger partial charge in [0.25, 0.3) is 0 Å². The van der Waals surface area contributed by atoms with Gasteiger partial charge in [-0.3, -0.25) is 4.79 Å². The van der Waals surface area contributed by atoms with Gasteiger partial charge in [-0.1, -0.05) is 12.2 Å². The normalized spacial score (nSPS) is 15.1. The fourth-order valence-electron chi connectivity index (χ4n) is 0.974. The lowest BCUT2D eigenvalue weighted by Crippen LogP contribution is -3.00. The second-order valence-corrected chi connectivity index (χ2v) is 2.44. The highest BCUT2D eigenvalue weighted by atomic mass is 35.5. The number of hydrogen-bond donors (Lipinski definition) is 1. The van der Waals surface area contributed by atoms with Gasteiger partial charge in [0, 0.05) is 19.3 Å². The van der Waals surface area contributed by atoms with E-state index in [4.69, 9.17) is 5.73 Å². The van der Waals surface area contributed by atoms with Crippen LogP contribution >= 0.6 is 0 Å². The van der Waals surface area contributed by atoms with Gasteiger partial charge in [0.2, 0.25) is 5.91 Å². The lowest BCUT2D eigenvalue weighted by molar-refractivity contribution is -0.114. The molecule has 0 spiro atoms. The molecule has 3 nitrogen and oxygen atoms in total. The predicted molar refractivity (Wildman–Crippen MR) is 43.7 cm³/mol. The molecule has 68 valence electrons. The third-order valence-corrected chi connectivity index (χ3v) is 1.65.